The van der Waals surface area contributed by atoms with Crippen LogP contribution < -0.4 is 15.4 Å². The van der Waals surface area contributed by atoms with E-state index in [9.17, 15) is 9.90 Å². The lowest BCUT2D eigenvalue weighted by Gasteiger charge is -2.12. The van der Waals surface area contributed by atoms with Gasteiger partial charge in [0.15, 0.2) is 0 Å². The standard InChI is InChI=1S/C15H24N2O3/c1-4-20-14-6-5-13(9-12(14)10-18)17-15(19)7-8-16-11(2)3/h5-6,9,11,16,18H,4,7-8,10H2,1-3H3,(H,17,19). The van der Waals surface area contributed by atoms with Crippen molar-refractivity contribution in [3.8, 4) is 5.75 Å². The van der Waals surface area contributed by atoms with Crippen molar-refractivity contribution >= 4 is 11.6 Å². The van der Waals surface area contributed by atoms with E-state index in [2.05, 4.69) is 10.6 Å². The second-order valence-electron chi connectivity index (χ2n) is 4.82. The topological polar surface area (TPSA) is 70.6 Å². The van der Waals surface area contributed by atoms with Gasteiger partial charge in [0.1, 0.15) is 5.75 Å². The van der Waals surface area contributed by atoms with Crippen molar-refractivity contribution in [3.63, 3.8) is 0 Å². The van der Waals surface area contributed by atoms with E-state index in [1.165, 1.54) is 0 Å². The van der Waals surface area contributed by atoms with Crippen LogP contribution in [-0.2, 0) is 11.4 Å². The molecule has 0 aromatic heterocycles. The van der Waals surface area contributed by atoms with Gasteiger partial charge in [-0.25, -0.2) is 0 Å². The normalized spacial score (nSPS) is 10.7. The Bertz CT molecular complexity index is 433. The summed E-state index contributed by atoms with van der Waals surface area (Å²) in [5.41, 5.74) is 1.34. The van der Waals surface area contributed by atoms with Crippen LogP contribution in [0.4, 0.5) is 5.69 Å². The van der Waals surface area contributed by atoms with Crippen molar-refractivity contribution in [2.24, 2.45) is 0 Å². The Morgan fingerprint density at radius 1 is 1.40 bits per heavy atom. The predicted octanol–water partition coefficient (Wildman–Crippen LogP) is 1.90. The molecule has 5 nitrogen and oxygen atoms in total. The van der Waals surface area contributed by atoms with E-state index >= 15 is 0 Å². The van der Waals surface area contributed by atoms with Crippen LogP contribution in [0.25, 0.3) is 0 Å². The number of ether oxygens (including phenoxy) is 1. The molecule has 1 rings (SSSR count). The van der Waals surface area contributed by atoms with Crippen LogP contribution in [0.15, 0.2) is 18.2 Å². The number of aliphatic hydroxyl groups excluding tert-OH is 1. The van der Waals surface area contributed by atoms with E-state index in [-0.39, 0.29) is 12.5 Å². The highest BCUT2D eigenvalue weighted by Crippen LogP contribution is 2.23. The van der Waals surface area contributed by atoms with Crippen molar-refractivity contribution < 1.29 is 14.6 Å². The summed E-state index contributed by atoms with van der Waals surface area (Å²) in [6, 6.07) is 5.64. The van der Waals surface area contributed by atoms with Crippen molar-refractivity contribution in [3.05, 3.63) is 23.8 Å². The van der Waals surface area contributed by atoms with Crippen molar-refractivity contribution in [2.45, 2.75) is 39.8 Å². The Balaban J connectivity index is 2.57. The zero-order chi connectivity index (χ0) is 15.0. The van der Waals surface area contributed by atoms with Gasteiger partial charge in [0.25, 0.3) is 0 Å². The fourth-order valence-electron chi connectivity index (χ4n) is 1.77. The first-order chi connectivity index (χ1) is 9.56. The minimum absolute atomic E-state index is 0.0498. The predicted molar refractivity (Wildman–Crippen MR) is 79.9 cm³/mol. The molecule has 3 N–H and O–H groups in total. The lowest BCUT2D eigenvalue weighted by Crippen LogP contribution is -2.27. The average molecular weight is 280 g/mol. The van der Waals surface area contributed by atoms with Gasteiger partial charge in [-0.15, -0.1) is 0 Å². The number of hydrogen-bond donors (Lipinski definition) is 3. The van der Waals surface area contributed by atoms with Gasteiger partial charge in [0.2, 0.25) is 5.91 Å². The van der Waals surface area contributed by atoms with Gasteiger partial charge in [-0.1, -0.05) is 13.8 Å². The quantitative estimate of drug-likeness (QED) is 0.680. The molecule has 0 heterocycles. The van der Waals surface area contributed by atoms with Gasteiger partial charge in [-0.2, -0.15) is 0 Å². The largest absolute Gasteiger partial charge is 0.494 e. The Kier molecular flexibility index (Phi) is 7.04. The summed E-state index contributed by atoms with van der Waals surface area (Å²) in [5, 5.41) is 15.3. The number of carbonyl (C=O) groups is 1. The SMILES string of the molecule is CCOc1ccc(NC(=O)CCNC(C)C)cc1CO. The summed E-state index contributed by atoms with van der Waals surface area (Å²) in [6.45, 7) is 7.04. The molecule has 1 aromatic rings. The number of anilines is 1. The zero-order valence-corrected chi connectivity index (χ0v) is 12.4. The van der Waals surface area contributed by atoms with Crippen LogP contribution in [0.1, 0.15) is 32.8 Å². The van der Waals surface area contributed by atoms with E-state index in [1.54, 1.807) is 18.2 Å². The van der Waals surface area contributed by atoms with Crippen molar-refractivity contribution in [1.82, 2.24) is 5.32 Å². The van der Waals surface area contributed by atoms with Crippen molar-refractivity contribution in [2.75, 3.05) is 18.5 Å². The molecule has 0 aliphatic carbocycles. The van der Waals surface area contributed by atoms with Crippen LogP contribution in [-0.4, -0.2) is 30.2 Å². The van der Waals surface area contributed by atoms with Gasteiger partial charge in [-0.05, 0) is 25.1 Å². The second kappa shape index (κ2) is 8.55. The van der Waals surface area contributed by atoms with E-state index in [1.807, 2.05) is 20.8 Å². The third-order valence-electron chi connectivity index (χ3n) is 2.72. The number of nitrogens with one attached hydrogen (secondary N) is 2. The van der Waals surface area contributed by atoms with E-state index in [0.717, 1.165) is 0 Å². The lowest BCUT2D eigenvalue weighted by molar-refractivity contribution is -0.116. The van der Waals surface area contributed by atoms with Gasteiger partial charge >= 0.3 is 0 Å². The van der Waals surface area contributed by atoms with Crippen LogP contribution in [0.3, 0.4) is 0 Å². The van der Waals surface area contributed by atoms with Gasteiger partial charge in [-0.3, -0.25) is 4.79 Å². The Morgan fingerprint density at radius 2 is 2.15 bits per heavy atom. The Hall–Kier alpha value is -1.59. The maximum atomic E-state index is 11.8. The molecule has 0 spiro atoms. The highest BCUT2D eigenvalue weighted by Gasteiger charge is 2.07. The molecule has 112 valence electrons. The average Bonchev–Trinajstić information content (AvgIpc) is 2.40. The fraction of sp³-hybridized carbons (Fsp3) is 0.533. The van der Waals surface area contributed by atoms with Gasteiger partial charge < -0.3 is 20.5 Å². The molecule has 1 amide bonds. The Morgan fingerprint density at radius 3 is 2.75 bits per heavy atom. The maximum absolute atomic E-state index is 11.8. The molecule has 20 heavy (non-hydrogen) atoms. The lowest BCUT2D eigenvalue weighted by atomic mass is 10.2. The molecule has 0 radical (unpaired) electrons. The third-order valence-corrected chi connectivity index (χ3v) is 2.72. The van der Waals surface area contributed by atoms with Crippen LogP contribution in [0.2, 0.25) is 0 Å². The molecular weight excluding hydrogens is 256 g/mol. The van der Waals surface area contributed by atoms with Crippen LogP contribution in [0, 0.1) is 0 Å². The summed E-state index contributed by atoms with van der Waals surface area (Å²) in [5.74, 6) is 0.598. The molecule has 1 aromatic carbocycles. The summed E-state index contributed by atoms with van der Waals surface area (Å²) in [6.07, 6.45) is 0.417. The van der Waals surface area contributed by atoms with Crippen molar-refractivity contribution in [1.29, 1.82) is 0 Å². The smallest absolute Gasteiger partial charge is 0.225 e. The number of hydrogen-bond acceptors (Lipinski definition) is 4. The molecule has 0 saturated carbocycles. The molecular formula is C15H24N2O3. The summed E-state index contributed by atoms with van der Waals surface area (Å²) < 4.78 is 5.40. The van der Waals surface area contributed by atoms with E-state index in [0.29, 0.717) is 42.6 Å². The van der Waals surface area contributed by atoms with E-state index in [4.69, 9.17) is 4.74 Å². The summed E-state index contributed by atoms with van der Waals surface area (Å²) in [4.78, 5) is 11.8. The first-order valence-electron chi connectivity index (χ1n) is 6.96. The summed E-state index contributed by atoms with van der Waals surface area (Å²) in [7, 11) is 0. The number of aliphatic hydroxyl groups is 1. The first kappa shape index (κ1) is 16.5. The van der Waals surface area contributed by atoms with Gasteiger partial charge in [0.05, 0.1) is 13.2 Å². The minimum atomic E-state index is -0.117. The second-order valence-corrected chi connectivity index (χ2v) is 4.82. The molecule has 0 bridgehead atoms. The highest BCUT2D eigenvalue weighted by atomic mass is 16.5. The molecule has 0 aliphatic heterocycles. The monoisotopic (exact) mass is 280 g/mol. The zero-order valence-electron chi connectivity index (χ0n) is 12.4. The first-order valence-corrected chi connectivity index (χ1v) is 6.96. The minimum Gasteiger partial charge on any atom is -0.494 e. The molecule has 0 atom stereocenters. The molecule has 0 unspecified atom stereocenters. The molecule has 5 heteroatoms. The van der Waals surface area contributed by atoms with Gasteiger partial charge in [0, 0.05) is 30.3 Å². The number of benzene rings is 1. The number of rotatable bonds is 8. The summed E-state index contributed by atoms with van der Waals surface area (Å²) >= 11 is 0. The number of amides is 1. The van der Waals surface area contributed by atoms with Crippen LogP contribution in [0.5, 0.6) is 5.75 Å². The third kappa shape index (κ3) is 5.59. The number of carbonyl (C=O) groups excluding carboxylic acids is 1. The molecule has 0 fully saturated rings. The van der Waals surface area contributed by atoms with E-state index < -0.39 is 0 Å². The fourth-order valence-corrected chi connectivity index (χ4v) is 1.77. The highest BCUT2D eigenvalue weighted by molar-refractivity contribution is 5.91. The van der Waals surface area contributed by atoms with Crippen LogP contribution >= 0.6 is 0 Å². The maximum Gasteiger partial charge on any atom is 0.225 e. The Labute approximate surface area is 120 Å². The molecule has 0 aliphatic rings. The molecule has 0 saturated heterocycles.